The quantitative estimate of drug-likeness (QED) is 0.839. The lowest BCUT2D eigenvalue weighted by Crippen LogP contribution is -2.15. The Bertz CT molecular complexity index is 417. The first-order valence-electron chi connectivity index (χ1n) is 4.58. The largest absolute Gasteiger partial charge is 0.449 e. The fraction of sp³-hybridized carbons (Fsp3) is 0.300. The number of nitrogens with two attached hydrogens (primary N) is 1. The number of hydrogen-bond donors (Lipinski definition) is 1. The number of amides is 1. The van der Waals surface area contributed by atoms with Crippen LogP contribution in [0.15, 0.2) is 18.2 Å². The number of alkyl halides is 3. The highest BCUT2D eigenvalue weighted by molar-refractivity contribution is 5.64. The van der Waals surface area contributed by atoms with E-state index in [1.807, 2.05) is 0 Å². The zero-order valence-corrected chi connectivity index (χ0v) is 8.55. The summed E-state index contributed by atoms with van der Waals surface area (Å²) in [4.78, 5) is 10.2. The lowest BCUT2D eigenvalue weighted by Gasteiger charge is -2.09. The molecule has 0 heterocycles. The van der Waals surface area contributed by atoms with Gasteiger partial charge in [-0.25, -0.2) is 9.18 Å². The first-order chi connectivity index (χ1) is 7.80. The summed E-state index contributed by atoms with van der Waals surface area (Å²) < 4.78 is 54.1. The van der Waals surface area contributed by atoms with E-state index in [0.717, 1.165) is 12.1 Å². The second-order valence-corrected chi connectivity index (χ2v) is 3.23. The van der Waals surface area contributed by atoms with Gasteiger partial charge in [0.1, 0.15) is 5.82 Å². The van der Waals surface area contributed by atoms with Gasteiger partial charge in [0.15, 0.2) is 0 Å². The molecule has 0 saturated carbocycles. The van der Waals surface area contributed by atoms with E-state index >= 15 is 0 Å². The van der Waals surface area contributed by atoms with Crippen molar-refractivity contribution in [3.05, 3.63) is 35.1 Å². The monoisotopic (exact) mass is 251 g/mol. The summed E-state index contributed by atoms with van der Waals surface area (Å²) in [5, 5.41) is 0. The van der Waals surface area contributed by atoms with Gasteiger partial charge in [-0.2, -0.15) is 13.2 Å². The van der Waals surface area contributed by atoms with Crippen LogP contribution in [0, 0.1) is 5.82 Å². The third-order valence-electron chi connectivity index (χ3n) is 1.97. The summed E-state index contributed by atoms with van der Waals surface area (Å²) in [5.41, 5.74) is 3.65. The van der Waals surface area contributed by atoms with Gasteiger partial charge in [-0.05, 0) is 17.7 Å². The maximum Gasteiger partial charge on any atom is 0.419 e. The molecule has 7 heteroatoms. The van der Waals surface area contributed by atoms with Gasteiger partial charge in [0.2, 0.25) is 0 Å². The third kappa shape index (κ3) is 3.93. The number of carbonyl (C=O) groups is 1. The first-order valence-corrected chi connectivity index (χ1v) is 4.58. The fourth-order valence-corrected chi connectivity index (χ4v) is 1.21. The number of carbonyl (C=O) groups excluding carboxylic acids is 1. The molecule has 94 valence electrons. The van der Waals surface area contributed by atoms with E-state index in [1.54, 1.807) is 0 Å². The predicted molar refractivity (Wildman–Crippen MR) is 50.6 cm³/mol. The van der Waals surface area contributed by atoms with Gasteiger partial charge in [0.05, 0.1) is 12.2 Å². The summed E-state index contributed by atoms with van der Waals surface area (Å²) in [6.45, 7) is -0.111. The second kappa shape index (κ2) is 5.03. The molecule has 0 bridgehead atoms. The Morgan fingerprint density at radius 1 is 1.35 bits per heavy atom. The molecule has 2 N–H and O–H groups in total. The molecule has 17 heavy (non-hydrogen) atoms. The molecule has 0 aliphatic carbocycles. The van der Waals surface area contributed by atoms with Crippen molar-refractivity contribution in [2.45, 2.75) is 12.6 Å². The fourth-order valence-electron chi connectivity index (χ4n) is 1.21. The van der Waals surface area contributed by atoms with E-state index in [9.17, 15) is 22.4 Å². The maximum atomic E-state index is 13.1. The molecule has 0 aromatic heterocycles. The van der Waals surface area contributed by atoms with Gasteiger partial charge in [-0.3, -0.25) is 0 Å². The summed E-state index contributed by atoms with van der Waals surface area (Å²) in [7, 11) is 0. The Hall–Kier alpha value is -1.79. The van der Waals surface area contributed by atoms with E-state index in [4.69, 9.17) is 0 Å². The molecule has 0 atom stereocenters. The van der Waals surface area contributed by atoms with Crippen molar-refractivity contribution in [2.75, 3.05) is 6.61 Å². The van der Waals surface area contributed by atoms with Crippen LogP contribution in [-0.4, -0.2) is 12.7 Å². The number of primary amides is 1. The van der Waals surface area contributed by atoms with Gasteiger partial charge in [0.25, 0.3) is 0 Å². The van der Waals surface area contributed by atoms with Gasteiger partial charge in [-0.15, -0.1) is 0 Å². The van der Waals surface area contributed by atoms with Crippen molar-refractivity contribution in [1.29, 1.82) is 0 Å². The molecule has 1 aromatic rings. The minimum atomic E-state index is -4.72. The first kappa shape index (κ1) is 13.3. The molecule has 1 aromatic carbocycles. The molecule has 0 saturated heterocycles. The Morgan fingerprint density at radius 2 is 2.00 bits per heavy atom. The average molecular weight is 251 g/mol. The molecular formula is C10H9F4NO2. The predicted octanol–water partition coefficient (Wildman–Crippen LogP) is 2.48. The number of ether oxygens (including phenoxy) is 1. The van der Waals surface area contributed by atoms with Crippen LogP contribution < -0.4 is 5.73 Å². The Morgan fingerprint density at radius 3 is 2.47 bits per heavy atom. The molecule has 0 aliphatic heterocycles. The third-order valence-corrected chi connectivity index (χ3v) is 1.97. The van der Waals surface area contributed by atoms with Crippen molar-refractivity contribution in [3.63, 3.8) is 0 Å². The molecule has 0 fully saturated rings. The van der Waals surface area contributed by atoms with E-state index in [0.29, 0.717) is 6.07 Å². The maximum absolute atomic E-state index is 13.1. The van der Waals surface area contributed by atoms with Crippen LogP contribution in [0.5, 0.6) is 0 Å². The number of hydrogen-bond acceptors (Lipinski definition) is 2. The van der Waals surface area contributed by atoms with Crippen LogP contribution in [0.4, 0.5) is 22.4 Å². The molecular weight excluding hydrogens is 242 g/mol. The number of rotatable bonds is 3. The van der Waals surface area contributed by atoms with E-state index in [1.165, 1.54) is 0 Å². The van der Waals surface area contributed by atoms with Crippen molar-refractivity contribution in [1.82, 2.24) is 0 Å². The summed E-state index contributed by atoms with van der Waals surface area (Å²) >= 11 is 0. The number of benzene rings is 1. The topological polar surface area (TPSA) is 52.3 Å². The highest BCUT2D eigenvalue weighted by Crippen LogP contribution is 2.31. The summed E-state index contributed by atoms with van der Waals surface area (Å²) in [5.74, 6) is -1.35. The van der Waals surface area contributed by atoms with Gasteiger partial charge >= 0.3 is 12.3 Å². The Labute approximate surface area is 94.2 Å². The molecule has 3 nitrogen and oxygen atoms in total. The average Bonchev–Trinajstić information content (AvgIpc) is 2.14. The zero-order chi connectivity index (χ0) is 13.1. The van der Waals surface area contributed by atoms with E-state index in [-0.39, 0.29) is 18.6 Å². The molecule has 0 spiro atoms. The molecule has 1 amide bonds. The van der Waals surface area contributed by atoms with Crippen LogP contribution in [0.25, 0.3) is 0 Å². The molecule has 1 rings (SSSR count). The summed E-state index contributed by atoms with van der Waals surface area (Å²) in [6.07, 6.45) is -5.61. The normalized spacial score (nSPS) is 11.3. The SMILES string of the molecule is NC(=O)OCCc1ccc(C(F)(F)F)c(F)c1. The lowest BCUT2D eigenvalue weighted by atomic mass is 10.1. The van der Waals surface area contributed by atoms with Gasteiger partial charge in [0, 0.05) is 6.42 Å². The molecule has 0 unspecified atom stereocenters. The van der Waals surface area contributed by atoms with Gasteiger partial charge in [-0.1, -0.05) is 6.07 Å². The lowest BCUT2D eigenvalue weighted by molar-refractivity contribution is -0.140. The van der Waals surface area contributed by atoms with Crippen molar-refractivity contribution < 1.29 is 27.1 Å². The van der Waals surface area contributed by atoms with Crippen LogP contribution in [-0.2, 0) is 17.3 Å². The van der Waals surface area contributed by atoms with Crippen LogP contribution >= 0.6 is 0 Å². The smallest absolute Gasteiger partial charge is 0.419 e. The Kier molecular flexibility index (Phi) is 3.93. The zero-order valence-electron chi connectivity index (χ0n) is 8.55. The molecule has 0 radical (unpaired) electrons. The minimum Gasteiger partial charge on any atom is -0.449 e. The highest BCUT2D eigenvalue weighted by atomic mass is 19.4. The molecule has 0 aliphatic rings. The number of halogens is 4. The van der Waals surface area contributed by atoms with Crippen molar-refractivity contribution in [3.8, 4) is 0 Å². The van der Waals surface area contributed by atoms with Crippen LogP contribution in [0.3, 0.4) is 0 Å². The van der Waals surface area contributed by atoms with Crippen molar-refractivity contribution in [2.24, 2.45) is 5.73 Å². The standard InChI is InChI=1S/C10H9F4NO2/c11-8-5-6(3-4-17-9(15)16)1-2-7(8)10(12,13)14/h1-2,5H,3-4H2,(H2,15,16). The van der Waals surface area contributed by atoms with Gasteiger partial charge < -0.3 is 10.5 Å². The highest BCUT2D eigenvalue weighted by Gasteiger charge is 2.33. The Balaban J connectivity index is 2.72. The summed E-state index contributed by atoms with van der Waals surface area (Å²) in [6, 6.07) is 2.53. The second-order valence-electron chi connectivity index (χ2n) is 3.23. The minimum absolute atomic E-state index is 0.0952. The van der Waals surface area contributed by atoms with Crippen molar-refractivity contribution >= 4 is 6.09 Å². The van der Waals surface area contributed by atoms with Crippen LogP contribution in [0.1, 0.15) is 11.1 Å². The van der Waals surface area contributed by atoms with Crippen LogP contribution in [0.2, 0.25) is 0 Å². The van der Waals surface area contributed by atoms with E-state index in [2.05, 4.69) is 10.5 Å². The van der Waals surface area contributed by atoms with E-state index < -0.39 is 23.7 Å².